The first-order valence-corrected chi connectivity index (χ1v) is 9.78. The number of fused-ring (bicyclic) bond motifs is 1. The maximum Gasteiger partial charge on any atom is 0.259 e. The number of nitrogens with zero attached hydrogens (tertiary/aromatic N) is 1. The van der Waals surface area contributed by atoms with E-state index in [4.69, 9.17) is 27.9 Å². The van der Waals surface area contributed by atoms with Gasteiger partial charge in [-0.3, -0.25) is 4.79 Å². The number of hydrogen-bond acceptors (Lipinski definition) is 2. The summed E-state index contributed by atoms with van der Waals surface area (Å²) in [5.74, 6) is 0.597. The van der Waals surface area contributed by atoms with Crippen LogP contribution in [0.15, 0.2) is 49.1 Å². The molecule has 5 heteroatoms. The Bertz CT molecular complexity index is 879. The standard InChI is InChI=1S/C22H23Cl2NO2/c1-5-7-19(15-10-11-17(23)18(24)12-15)25-14(4)16-8-6-9-20(27-13(2)3)21(16)22(25)26/h5-6,8-14,19H,1,7H2,2-4H3. The minimum atomic E-state index is -0.181. The first kappa shape index (κ1) is 19.8. The molecule has 2 unspecified atom stereocenters. The van der Waals surface area contributed by atoms with Crippen molar-refractivity contribution < 1.29 is 9.53 Å². The minimum absolute atomic E-state index is 0.00676. The van der Waals surface area contributed by atoms with Gasteiger partial charge < -0.3 is 9.64 Å². The van der Waals surface area contributed by atoms with Gasteiger partial charge in [0.1, 0.15) is 5.75 Å². The van der Waals surface area contributed by atoms with Crippen molar-refractivity contribution in [1.29, 1.82) is 0 Å². The molecule has 3 rings (SSSR count). The summed E-state index contributed by atoms with van der Waals surface area (Å²) in [6, 6.07) is 11.0. The van der Waals surface area contributed by atoms with Crippen LogP contribution in [0.25, 0.3) is 0 Å². The second-order valence-electron chi connectivity index (χ2n) is 6.99. The van der Waals surface area contributed by atoms with Crippen LogP contribution >= 0.6 is 23.2 Å². The van der Waals surface area contributed by atoms with Crippen molar-refractivity contribution >= 4 is 29.1 Å². The highest BCUT2D eigenvalue weighted by Crippen LogP contribution is 2.44. The number of amides is 1. The van der Waals surface area contributed by atoms with Gasteiger partial charge in [-0.05, 0) is 56.5 Å². The van der Waals surface area contributed by atoms with Gasteiger partial charge in [0.05, 0.1) is 33.8 Å². The molecule has 0 aromatic heterocycles. The second-order valence-corrected chi connectivity index (χ2v) is 7.80. The van der Waals surface area contributed by atoms with Gasteiger partial charge in [-0.1, -0.05) is 47.5 Å². The number of carbonyl (C=O) groups excluding carboxylic acids is 1. The quantitative estimate of drug-likeness (QED) is 0.507. The van der Waals surface area contributed by atoms with Gasteiger partial charge in [0.2, 0.25) is 0 Å². The van der Waals surface area contributed by atoms with Crippen LogP contribution in [-0.2, 0) is 0 Å². The fourth-order valence-electron chi connectivity index (χ4n) is 3.63. The SMILES string of the molecule is C=CCC(c1ccc(Cl)c(Cl)c1)N1C(=O)c2c(OC(C)C)cccc2C1C. The molecule has 0 fully saturated rings. The Labute approximate surface area is 170 Å². The third-order valence-electron chi connectivity index (χ3n) is 4.79. The predicted octanol–water partition coefficient (Wildman–Crippen LogP) is 6.61. The molecule has 2 atom stereocenters. The summed E-state index contributed by atoms with van der Waals surface area (Å²) >= 11 is 12.3. The van der Waals surface area contributed by atoms with E-state index in [1.54, 1.807) is 6.07 Å². The average molecular weight is 404 g/mol. The van der Waals surface area contributed by atoms with Crippen molar-refractivity contribution in [3.63, 3.8) is 0 Å². The molecule has 142 valence electrons. The molecule has 1 aliphatic rings. The molecular formula is C22H23Cl2NO2. The van der Waals surface area contributed by atoms with E-state index in [-0.39, 0.29) is 24.1 Å². The number of ether oxygens (including phenoxy) is 1. The number of halogens is 2. The van der Waals surface area contributed by atoms with Crippen LogP contribution in [0.5, 0.6) is 5.75 Å². The van der Waals surface area contributed by atoms with E-state index in [0.29, 0.717) is 27.8 Å². The summed E-state index contributed by atoms with van der Waals surface area (Å²) in [5.41, 5.74) is 2.56. The highest BCUT2D eigenvalue weighted by atomic mass is 35.5. The Kier molecular flexibility index (Phi) is 5.83. The summed E-state index contributed by atoms with van der Waals surface area (Å²) in [6.45, 7) is 9.82. The predicted molar refractivity (Wildman–Crippen MR) is 111 cm³/mol. The Morgan fingerprint density at radius 2 is 1.96 bits per heavy atom. The summed E-state index contributed by atoms with van der Waals surface area (Å²) in [7, 11) is 0. The largest absolute Gasteiger partial charge is 0.490 e. The van der Waals surface area contributed by atoms with E-state index in [1.807, 2.05) is 62.1 Å². The lowest BCUT2D eigenvalue weighted by Gasteiger charge is -2.32. The molecule has 0 saturated heterocycles. The molecule has 2 aromatic carbocycles. The Hall–Kier alpha value is -1.97. The highest BCUT2D eigenvalue weighted by molar-refractivity contribution is 6.42. The van der Waals surface area contributed by atoms with Gasteiger partial charge in [0.25, 0.3) is 5.91 Å². The zero-order valence-electron chi connectivity index (χ0n) is 15.7. The Morgan fingerprint density at radius 1 is 1.22 bits per heavy atom. The zero-order valence-corrected chi connectivity index (χ0v) is 17.2. The topological polar surface area (TPSA) is 29.5 Å². The number of rotatable bonds is 6. The van der Waals surface area contributed by atoms with Crippen molar-refractivity contribution in [1.82, 2.24) is 4.90 Å². The fraction of sp³-hybridized carbons (Fsp3) is 0.318. The van der Waals surface area contributed by atoms with Crippen molar-refractivity contribution in [2.45, 2.75) is 45.4 Å². The molecule has 0 spiro atoms. The molecule has 1 aliphatic heterocycles. The Balaban J connectivity index is 2.05. The van der Waals surface area contributed by atoms with Gasteiger partial charge in [-0.25, -0.2) is 0 Å². The third-order valence-corrected chi connectivity index (χ3v) is 5.53. The first-order valence-electron chi connectivity index (χ1n) is 9.03. The van der Waals surface area contributed by atoms with Crippen LogP contribution in [0.1, 0.15) is 60.8 Å². The molecule has 0 saturated carbocycles. The molecule has 3 nitrogen and oxygen atoms in total. The fourth-order valence-corrected chi connectivity index (χ4v) is 3.94. The van der Waals surface area contributed by atoms with Crippen LogP contribution in [-0.4, -0.2) is 16.9 Å². The maximum atomic E-state index is 13.4. The number of carbonyl (C=O) groups is 1. The van der Waals surface area contributed by atoms with E-state index < -0.39 is 0 Å². The van der Waals surface area contributed by atoms with Gasteiger partial charge in [0, 0.05) is 0 Å². The van der Waals surface area contributed by atoms with Gasteiger partial charge >= 0.3 is 0 Å². The first-order chi connectivity index (χ1) is 12.8. The van der Waals surface area contributed by atoms with E-state index in [1.165, 1.54) is 0 Å². The smallest absolute Gasteiger partial charge is 0.259 e. The lowest BCUT2D eigenvalue weighted by atomic mass is 10.0. The van der Waals surface area contributed by atoms with E-state index in [2.05, 4.69) is 6.58 Å². The molecule has 0 N–H and O–H groups in total. The average Bonchev–Trinajstić information content (AvgIpc) is 2.87. The summed E-state index contributed by atoms with van der Waals surface area (Å²) in [5, 5.41) is 0.971. The van der Waals surface area contributed by atoms with Gasteiger partial charge in [0.15, 0.2) is 0 Å². The number of benzene rings is 2. The summed E-state index contributed by atoms with van der Waals surface area (Å²) in [4.78, 5) is 15.3. The van der Waals surface area contributed by atoms with E-state index in [0.717, 1.165) is 11.1 Å². The molecule has 1 heterocycles. The van der Waals surface area contributed by atoms with Crippen molar-refractivity contribution in [3.8, 4) is 5.75 Å². The molecule has 27 heavy (non-hydrogen) atoms. The maximum absolute atomic E-state index is 13.4. The van der Waals surface area contributed by atoms with Crippen LogP contribution in [0.2, 0.25) is 10.0 Å². The van der Waals surface area contributed by atoms with Gasteiger partial charge in [-0.15, -0.1) is 6.58 Å². The monoisotopic (exact) mass is 403 g/mol. The van der Waals surface area contributed by atoms with Crippen molar-refractivity contribution in [3.05, 3.63) is 75.8 Å². The van der Waals surface area contributed by atoms with E-state index >= 15 is 0 Å². The van der Waals surface area contributed by atoms with Crippen LogP contribution < -0.4 is 4.74 Å². The lowest BCUT2D eigenvalue weighted by molar-refractivity contribution is 0.0639. The van der Waals surface area contributed by atoms with Crippen molar-refractivity contribution in [2.24, 2.45) is 0 Å². The summed E-state index contributed by atoms with van der Waals surface area (Å²) < 4.78 is 5.90. The minimum Gasteiger partial charge on any atom is -0.490 e. The molecule has 2 aromatic rings. The van der Waals surface area contributed by atoms with Crippen LogP contribution in [0.4, 0.5) is 0 Å². The van der Waals surface area contributed by atoms with Gasteiger partial charge in [-0.2, -0.15) is 0 Å². The highest BCUT2D eigenvalue weighted by Gasteiger charge is 2.40. The lowest BCUT2D eigenvalue weighted by Crippen LogP contribution is -2.31. The van der Waals surface area contributed by atoms with Crippen LogP contribution in [0.3, 0.4) is 0 Å². The molecule has 0 bridgehead atoms. The molecular weight excluding hydrogens is 381 g/mol. The van der Waals surface area contributed by atoms with E-state index in [9.17, 15) is 4.79 Å². The molecule has 0 radical (unpaired) electrons. The second kappa shape index (κ2) is 7.95. The van der Waals surface area contributed by atoms with Crippen molar-refractivity contribution in [2.75, 3.05) is 0 Å². The third kappa shape index (κ3) is 3.71. The zero-order chi connectivity index (χ0) is 19.7. The normalized spacial score (nSPS) is 17.2. The number of hydrogen-bond donors (Lipinski definition) is 0. The molecule has 1 amide bonds. The van der Waals surface area contributed by atoms with Crippen LogP contribution in [0, 0.1) is 0 Å². The molecule has 0 aliphatic carbocycles. The summed E-state index contributed by atoms with van der Waals surface area (Å²) in [6.07, 6.45) is 2.43. The Morgan fingerprint density at radius 3 is 2.59 bits per heavy atom.